The Morgan fingerprint density at radius 1 is 0.882 bits per heavy atom. The number of rotatable bonds is 12. The molecule has 0 bridgehead atoms. The van der Waals surface area contributed by atoms with Crippen LogP contribution in [0.4, 0.5) is 0 Å². The molecule has 3 aromatic rings. The molecule has 280 valence electrons. The summed E-state index contributed by atoms with van der Waals surface area (Å²) in [5.41, 5.74) is 1.45. The Morgan fingerprint density at radius 2 is 1.39 bits per heavy atom. The Balaban J connectivity index is 0.00000583. The Morgan fingerprint density at radius 3 is 1.86 bits per heavy atom. The van der Waals surface area contributed by atoms with E-state index in [9.17, 15) is 0 Å². The second kappa shape index (κ2) is 17.9. The molecule has 0 aliphatic carbocycles. The van der Waals surface area contributed by atoms with Gasteiger partial charge in [0.25, 0.3) is 0 Å². The van der Waals surface area contributed by atoms with Crippen LogP contribution in [0.15, 0.2) is 103 Å². The van der Waals surface area contributed by atoms with Crippen LogP contribution < -0.4 is 39.9 Å². The molecule has 3 nitrogen and oxygen atoms in total. The predicted molar refractivity (Wildman–Crippen MR) is 219 cm³/mol. The molecule has 0 N–H and O–H groups in total. The fraction of sp³-hybridized carbons (Fsp3) is 0.556. The molecule has 0 radical (unpaired) electrons. The number of allylic oxidation sites excluding steroid dienone is 1. The standard InChI is InChI=1S/C45H66O3PSi.HI/c1-34(2)43-37(5)28-29-45(47-43)32-39(48-50(9,10)44(6,7)8)31-38(46-45)27-26-35(3)30-36(4)33-49(40-20-14-11-15-21-40,41-22-16-12-17-23-41)42-24-18-13-19-25-42;/h11-26,34,36-39,43H,27-33H2,1-10H3;1H/q+1;/p-1/b35-26+;/t36-,37+,38-,39+,43-,45-;/m1./s1. The molecular weight excluding hydrogens is 774 g/mol. The summed E-state index contributed by atoms with van der Waals surface area (Å²) in [5.74, 6) is 0.971. The van der Waals surface area contributed by atoms with Crippen molar-refractivity contribution in [2.75, 3.05) is 6.16 Å². The molecule has 5 rings (SSSR count). The van der Waals surface area contributed by atoms with E-state index in [-0.39, 0.29) is 47.3 Å². The van der Waals surface area contributed by atoms with Crippen molar-refractivity contribution in [3.63, 3.8) is 0 Å². The second-order valence-electron chi connectivity index (χ2n) is 17.5. The van der Waals surface area contributed by atoms with Gasteiger partial charge >= 0.3 is 0 Å². The van der Waals surface area contributed by atoms with Gasteiger partial charge in [0.2, 0.25) is 0 Å². The van der Waals surface area contributed by atoms with E-state index in [1.54, 1.807) is 0 Å². The van der Waals surface area contributed by atoms with Gasteiger partial charge in [-0.2, -0.15) is 0 Å². The molecule has 2 heterocycles. The van der Waals surface area contributed by atoms with E-state index in [1.807, 2.05) is 0 Å². The third-order valence-electron chi connectivity index (χ3n) is 11.8. The maximum atomic E-state index is 7.14. The van der Waals surface area contributed by atoms with Crippen LogP contribution in [0.25, 0.3) is 0 Å². The van der Waals surface area contributed by atoms with Crippen molar-refractivity contribution in [3.05, 3.63) is 103 Å². The first kappa shape index (κ1) is 42.4. The van der Waals surface area contributed by atoms with Crippen LogP contribution in [-0.2, 0) is 13.9 Å². The summed E-state index contributed by atoms with van der Waals surface area (Å²) in [6, 6.07) is 33.9. The molecular formula is C45H66IO3PSi. The summed E-state index contributed by atoms with van der Waals surface area (Å²) in [4.78, 5) is 0. The van der Waals surface area contributed by atoms with Crippen molar-refractivity contribution in [3.8, 4) is 0 Å². The molecule has 0 aromatic heterocycles. The third-order valence-corrected chi connectivity index (χ3v) is 21.1. The SMILES string of the molecule is C/C(=C\C[C@@H]1C[C@H](O[Si](C)(C)C(C)(C)C)C[C@]2(CC[C@H](C)[C@@H](C(C)C)O2)O1)C[C@@H](C)C[P+](c1ccccc1)(c1ccccc1)c1ccccc1.[I-]. The summed E-state index contributed by atoms with van der Waals surface area (Å²) in [7, 11) is -3.83. The van der Waals surface area contributed by atoms with Gasteiger partial charge in [0, 0.05) is 12.8 Å². The fourth-order valence-corrected chi connectivity index (χ4v) is 14.3. The number of halogens is 1. The summed E-state index contributed by atoms with van der Waals surface area (Å²) < 4.78 is 21.2. The normalized spacial score (nSPS) is 25.4. The van der Waals surface area contributed by atoms with Crippen LogP contribution in [0.1, 0.15) is 93.9 Å². The highest BCUT2D eigenvalue weighted by Gasteiger charge is 2.51. The Hall–Kier alpha value is -1.34. The lowest BCUT2D eigenvalue weighted by Crippen LogP contribution is -3.00. The lowest BCUT2D eigenvalue weighted by Gasteiger charge is -2.52. The summed E-state index contributed by atoms with van der Waals surface area (Å²) in [6.07, 6.45) is 9.92. The lowest BCUT2D eigenvalue weighted by molar-refractivity contribution is -0.338. The van der Waals surface area contributed by atoms with Crippen molar-refractivity contribution in [1.82, 2.24) is 0 Å². The van der Waals surface area contributed by atoms with Crippen LogP contribution in [0, 0.1) is 17.8 Å². The van der Waals surface area contributed by atoms with E-state index in [0.29, 0.717) is 17.8 Å². The average molecular weight is 841 g/mol. The van der Waals surface area contributed by atoms with E-state index < -0.39 is 21.4 Å². The fourth-order valence-electron chi connectivity index (χ4n) is 8.32. The van der Waals surface area contributed by atoms with Crippen LogP contribution in [0.5, 0.6) is 0 Å². The molecule has 6 atom stereocenters. The van der Waals surface area contributed by atoms with E-state index in [2.05, 4.69) is 166 Å². The number of hydrogen-bond donors (Lipinski definition) is 0. The van der Waals surface area contributed by atoms with Gasteiger partial charge in [-0.15, -0.1) is 0 Å². The van der Waals surface area contributed by atoms with Gasteiger partial charge in [-0.05, 0) is 105 Å². The summed E-state index contributed by atoms with van der Waals surface area (Å²) in [6.45, 7) is 23.5. The topological polar surface area (TPSA) is 27.7 Å². The smallest absolute Gasteiger partial charge is 0.192 e. The highest BCUT2D eigenvalue weighted by Crippen LogP contribution is 2.57. The quantitative estimate of drug-likeness (QED) is 0.0800. The lowest BCUT2D eigenvalue weighted by atomic mass is 9.83. The monoisotopic (exact) mass is 840 g/mol. The van der Waals surface area contributed by atoms with Gasteiger partial charge < -0.3 is 37.9 Å². The minimum Gasteiger partial charge on any atom is -1.00 e. The molecule has 3 aromatic carbocycles. The maximum absolute atomic E-state index is 7.14. The molecule has 2 fully saturated rings. The van der Waals surface area contributed by atoms with Crippen LogP contribution in [0.2, 0.25) is 18.1 Å². The maximum Gasteiger partial charge on any atom is 0.192 e. The van der Waals surface area contributed by atoms with Crippen molar-refractivity contribution in [1.29, 1.82) is 0 Å². The van der Waals surface area contributed by atoms with E-state index in [0.717, 1.165) is 44.7 Å². The number of benzene rings is 3. The van der Waals surface area contributed by atoms with Gasteiger partial charge in [0.1, 0.15) is 23.2 Å². The first-order valence-electron chi connectivity index (χ1n) is 19.4. The molecule has 0 amide bonds. The minimum atomic E-state index is -1.95. The number of ether oxygens (including phenoxy) is 2. The number of hydrogen-bond acceptors (Lipinski definition) is 3. The van der Waals surface area contributed by atoms with Crippen LogP contribution in [0.3, 0.4) is 0 Å². The molecule has 0 unspecified atom stereocenters. The zero-order chi connectivity index (χ0) is 36.2. The zero-order valence-electron chi connectivity index (χ0n) is 33.2. The van der Waals surface area contributed by atoms with E-state index >= 15 is 0 Å². The molecule has 0 saturated carbocycles. The highest BCUT2D eigenvalue weighted by atomic mass is 127. The summed E-state index contributed by atoms with van der Waals surface area (Å²) in [5, 5.41) is 4.54. The van der Waals surface area contributed by atoms with Crippen LogP contribution >= 0.6 is 7.26 Å². The highest BCUT2D eigenvalue weighted by molar-refractivity contribution is 7.95. The van der Waals surface area contributed by atoms with E-state index in [1.165, 1.54) is 21.5 Å². The second-order valence-corrected chi connectivity index (χ2v) is 25.8. The minimum absolute atomic E-state index is 0. The molecule has 1 spiro atoms. The first-order valence-corrected chi connectivity index (χ1v) is 24.3. The van der Waals surface area contributed by atoms with Crippen molar-refractivity contribution in [2.24, 2.45) is 17.8 Å². The predicted octanol–water partition coefficient (Wildman–Crippen LogP) is 8.08. The molecule has 2 aliphatic rings. The Labute approximate surface area is 330 Å². The van der Waals surface area contributed by atoms with Crippen LogP contribution in [-0.4, -0.2) is 38.6 Å². The van der Waals surface area contributed by atoms with Gasteiger partial charge in [-0.3, -0.25) is 0 Å². The third kappa shape index (κ3) is 10.2. The van der Waals surface area contributed by atoms with Crippen molar-refractivity contribution in [2.45, 2.75) is 136 Å². The van der Waals surface area contributed by atoms with Crippen molar-refractivity contribution >= 4 is 31.5 Å². The Kier molecular flexibility index (Phi) is 14.8. The van der Waals surface area contributed by atoms with Crippen molar-refractivity contribution < 1.29 is 37.9 Å². The summed E-state index contributed by atoms with van der Waals surface area (Å²) >= 11 is 0. The van der Waals surface area contributed by atoms with Gasteiger partial charge in [-0.1, -0.05) is 115 Å². The van der Waals surface area contributed by atoms with Gasteiger partial charge in [0.15, 0.2) is 14.1 Å². The molecule has 51 heavy (non-hydrogen) atoms. The molecule has 2 saturated heterocycles. The van der Waals surface area contributed by atoms with Gasteiger partial charge in [-0.25, -0.2) is 0 Å². The van der Waals surface area contributed by atoms with E-state index in [4.69, 9.17) is 13.9 Å². The molecule has 6 heteroatoms. The average Bonchev–Trinajstić information content (AvgIpc) is 3.08. The van der Waals surface area contributed by atoms with Gasteiger partial charge in [0.05, 0.1) is 24.5 Å². The zero-order valence-corrected chi connectivity index (χ0v) is 37.3. The first-order chi connectivity index (χ1) is 23.6. The largest absolute Gasteiger partial charge is 1.00 e. The Bertz CT molecular complexity index is 1430. The molecule has 2 aliphatic heterocycles.